The Hall–Kier alpha value is -2.63. The van der Waals surface area contributed by atoms with Gasteiger partial charge in [-0.2, -0.15) is 0 Å². The second-order valence-electron chi connectivity index (χ2n) is 4.83. The van der Waals surface area contributed by atoms with Gasteiger partial charge in [-0.3, -0.25) is 0 Å². The molecule has 0 spiro atoms. The zero-order valence-corrected chi connectivity index (χ0v) is 11.2. The summed E-state index contributed by atoms with van der Waals surface area (Å²) in [5.41, 5.74) is 1.36. The molecule has 5 nitrogen and oxygen atoms in total. The summed E-state index contributed by atoms with van der Waals surface area (Å²) in [7, 11) is 0. The van der Waals surface area contributed by atoms with Crippen molar-refractivity contribution >= 4 is 17.7 Å². The Morgan fingerprint density at radius 1 is 1.38 bits per heavy atom. The number of benzene rings is 1. The lowest BCUT2D eigenvalue weighted by molar-refractivity contribution is -0.131. The summed E-state index contributed by atoms with van der Waals surface area (Å²) in [5, 5.41) is 8.74. The molecule has 0 saturated heterocycles. The standard InChI is InChI=1S/C15H14FN3O2/c16-12-2-3-13(11(9-12)1-4-15(20)21)19-8-7-18-6-5-17-14(18)10-19/h1-6,9H,7-8,10H2,(H,20,21). The lowest BCUT2D eigenvalue weighted by atomic mass is 10.1. The smallest absolute Gasteiger partial charge is 0.328 e. The van der Waals surface area contributed by atoms with Crippen LogP contribution >= 0.6 is 0 Å². The molecule has 1 N–H and O–H groups in total. The molecule has 0 radical (unpaired) electrons. The van der Waals surface area contributed by atoms with Crippen molar-refractivity contribution in [1.29, 1.82) is 0 Å². The zero-order valence-electron chi connectivity index (χ0n) is 11.2. The summed E-state index contributed by atoms with van der Waals surface area (Å²) in [4.78, 5) is 17.0. The van der Waals surface area contributed by atoms with Crippen LogP contribution in [0.1, 0.15) is 11.4 Å². The summed E-state index contributed by atoms with van der Waals surface area (Å²) < 4.78 is 15.5. The molecule has 1 aliphatic rings. The molecule has 0 atom stereocenters. The number of imidazole rings is 1. The van der Waals surface area contributed by atoms with Crippen molar-refractivity contribution in [3.63, 3.8) is 0 Å². The van der Waals surface area contributed by atoms with Crippen molar-refractivity contribution in [1.82, 2.24) is 9.55 Å². The molecule has 2 heterocycles. The highest BCUT2D eigenvalue weighted by atomic mass is 19.1. The number of carboxylic acid groups (broad SMARTS) is 1. The maximum absolute atomic E-state index is 13.4. The molecule has 108 valence electrons. The third-order valence-corrected chi connectivity index (χ3v) is 3.48. The van der Waals surface area contributed by atoms with E-state index in [-0.39, 0.29) is 5.82 Å². The number of aliphatic carboxylic acids is 1. The summed E-state index contributed by atoms with van der Waals surface area (Å²) in [5.74, 6) is -0.500. The Bertz CT molecular complexity index is 709. The van der Waals surface area contributed by atoms with E-state index in [9.17, 15) is 9.18 Å². The van der Waals surface area contributed by atoms with Gasteiger partial charge in [0.15, 0.2) is 0 Å². The van der Waals surface area contributed by atoms with E-state index < -0.39 is 5.97 Å². The van der Waals surface area contributed by atoms with E-state index in [1.807, 2.05) is 6.20 Å². The first-order valence-corrected chi connectivity index (χ1v) is 6.59. The fourth-order valence-electron chi connectivity index (χ4n) is 2.49. The van der Waals surface area contributed by atoms with Crippen LogP contribution in [-0.2, 0) is 17.9 Å². The number of carboxylic acids is 1. The van der Waals surface area contributed by atoms with Gasteiger partial charge in [-0.25, -0.2) is 14.2 Å². The number of nitrogens with zero attached hydrogens (tertiary/aromatic N) is 3. The van der Waals surface area contributed by atoms with E-state index in [4.69, 9.17) is 5.11 Å². The van der Waals surface area contributed by atoms with Crippen molar-refractivity contribution in [3.05, 3.63) is 53.9 Å². The maximum Gasteiger partial charge on any atom is 0.328 e. The Kier molecular flexibility index (Phi) is 3.43. The largest absolute Gasteiger partial charge is 0.478 e. The highest BCUT2D eigenvalue weighted by Crippen LogP contribution is 2.26. The zero-order chi connectivity index (χ0) is 14.8. The monoisotopic (exact) mass is 287 g/mol. The van der Waals surface area contributed by atoms with E-state index in [2.05, 4.69) is 14.5 Å². The maximum atomic E-state index is 13.4. The van der Waals surface area contributed by atoms with Gasteiger partial charge in [0.1, 0.15) is 11.6 Å². The number of fused-ring (bicyclic) bond motifs is 1. The van der Waals surface area contributed by atoms with E-state index in [0.29, 0.717) is 12.1 Å². The average molecular weight is 287 g/mol. The predicted molar refractivity (Wildman–Crippen MR) is 76.3 cm³/mol. The van der Waals surface area contributed by atoms with Crippen LogP contribution in [0.15, 0.2) is 36.7 Å². The minimum atomic E-state index is -1.06. The molecular weight excluding hydrogens is 273 g/mol. The molecule has 2 aromatic rings. The average Bonchev–Trinajstić information content (AvgIpc) is 2.92. The Morgan fingerprint density at radius 3 is 3.05 bits per heavy atom. The van der Waals surface area contributed by atoms with Crippen LogP contribution in [0.4, 0.5) is 10.1 Å². The van der Waals surface area contributed by atoms with Crippen molar-refractivity contribution in [2.45, 2.75) is 13.1 Å². The van der Waals surface area contributed by atoms with E-state index in [0.717, 1.165) is 30.7 Å². The molecule has 6 heteroatoms. The highest BCUT2D eigenvalue weighted by molar-refractivity contribution is 5.87. The Balaban J connectivity index is 1.93. The fourth-order valence-corrected chi connectivity index (χ4v) is 2.49. The van der Waals surface area contributed by atoms with Gasteiger partial charge in [0.25, 0.3) is 0 Å². The molecule has 0 unspecified atom stereocenters. The minimum Gasteiger partial charge on any atom is -0.478 e. The quantitative estimate of drug-likeness (QED) is 0.879. The van der Waals surface area contributed by atoms with Crippen molar-refractivity contribution in [2.24, 2.45) is 0 Å². The van der Waals surface area contributed by atoms with Gasteiger partial charge in [-0.05, 0) is 24.3 Å². The molecule has 1 aromatic heterocycles. The minimum absolute atomic E-state index is 0.387. The van der Waals surface area contributed by atoms with Crippen LogP contribution in [0.25, 0.3) is 6.08 Å². The molecule has 0 aliphatic carbocycles. The Labute approximate surface area is 121 Å². The highest BCUT2D eigenvalue weighted by Gasteiger charge is 2.18. The summed E-state index contributed by atoms with van der Waals surface area (Å²) >= 11 is 0. The van der Waals surface area contributed by atoms with Crippen LogP contribution in [0.3, 0.4) is 0 Å². The van der Waals surface area contributed by atoms with E-state index >= 15 is 0 Å². The first-order chi connectivity index (χ1) is 10.1. The third kappa shape index (κ3) is 2.79. The van der Waals surface area contributed by atoms with Gasteiger partial charge in [0.05, 0.1) is 6.54 Å². The first-order valence-electron chi connectivity index (χ1n) is 6.59. The summed E-state index contributed by atoms with van der Waals surface area (Å²) in [6, 6.07) is 4.40. The number of rotatable bonds is 3. The van der Waals surface area contributed by atoms with Crippen LogP contribution < -0.4 is 4.90 Å². The van der Waals surface area contributed by atoms with E-state index in [1.165, 1.54) is 18.2 Å². The molecule has 1 aromatic carbocycles. The van der Waals surface area contributed by atoms with Gasteiger partial charge in [-0.15, -0.1) is 0 Å². The second-order valence-corrected chi connectivity index (χ2v) is 4.83. The van der Waals surface area contributed by atoms with Gasteiger partial charge in [-0.1, -0.05) is 0 Å². The van der Waals surface area contributed by atoms with Crippen LogP contribution in [-0.4, -0.2) is 27.2 Å². The van der Waals surface area contributed by atoms with Gasteiger partial charge < -0.3 is 14.6 Å². The fraction of sp³-hybridized carbons (Fsp3) is 0.200. The van der Waals surface area contributed by atoms with Crippen molar-refractivity contribution < 1.29 is 14.3 Å². The number of carbonyl (C=O) groups is 1. The lowest BCUT2D eigenvalue weighted by Gasteiger charge is -2.30. The normalized spacial score (nSPS) is 14.4. The van der Waals surface area contributed by atoms with Crippen molar-refractivity contribution in [3.8, 4) is 0 Å². The number of aromatic nitrogens is 2. The van der Waals surface area contributed by atoms with Gasteiger partial charge in [0, 0.05) is 42.8 Å². The number of hydrogen-bond acceptors (Lipinski definition) is 3. The number of halogens is 1. The molecule has 0 amide bonds. The molecule has 0 bridgehead atoms. The molecular formula is C15H14FN3O2. The van der Waals surface area contributed by atoms with Crippen molar-refractivity contribution in [2.75, 3.05) is 11.4 Å². The molecule has 1 aliphatic heterocycles. The summed E-state index contributed by atoms with van der Waals surface area (Å²) in [6.07, 6.45) is 6.13. The second kappa shape index (κ2) is 5.40. The van der Waals surface area contributed by atoms with Gasteiger partial charge >= 0.3 is 5.97 Å². The molecule has 21 heavy (non-hydrogen) atoms. The number of hydrogen-bond donors (Lipinski definition) is 1. The molecule has 3 rings (SSSR count). The van der Waals surface area contributed by atoms with Crippen LogP contribution in [0.5, 0.6) is 0 Å². The van der Waals surface area contributed by atoms with Crippen LogP contribution in [0.2, 0.25) is 0 Å². The first kappa shape index (κ1) is 13.4. The third-order valence-electron chi connectivity index (χ3n) is 3.48. The SMILES string of the molecule is O=C(O)C=Cc1cc(F)ccc1N1CCn2ccnc2C1. The molecule has 0 fully saturated rings. The Morgan fingerprint density at radius 2 is 2.24 bits per heavy atom. The summed E-state index contributed by atoms with van der Waals surface area (Å²) in [6.45, 7) is 2.18. The lowest BCUT2D eigenvalue weighted by Crippen LogP contribution is -2.34. The van der Waals surface area contributed by atoms with Crippen LogP contribution in [0, 0.1) is 5.82 Å². The predicted octanol–water partition coefficient (Wildman–Crippen LogP) is 2.14. The molecule has 0 saturated carbocycles. The van der Waals surface area contributed by atoms with Gasteiger partial charge in [0.2, 0.25) is 0 Å². The number of anilines is 1. The topological polar surface area (TPSA) is 58.4 Å². The van der Waals surface area contributed by atoms with E-state index in [1.54, 1.807) is 12.3 Å².